The number of rotatable bonds is 3. The molecule has 1 aliphatic heterocycles. The third kappa shape index (κ3) is 4.78. The molecular formula is C25H26F3N5O2. The van der Waals surface area contributed by atoms with Crippen LogP contribution in [-0.2, 0) is 13.2 Å². The van der Waals surface area contributed by atoms with Gasteiger partial charge in [-0.2, -0.15) is 13.2 Å². The molecule has 0 spiro atoms. The normalized spacial score (nSPS) is 15.9. The van der Waals surface area contributed by atoms with Gasteiger partial charge in [0.05, 0.1) is 29.0 Å². The van der Waals surface area contributed by atoms with Gasteiger partial charge in [-0.05, 0) is 56.0 Å². The Morgan fingerprint density at radius 2 is 2.00 bits per heavy atom. The fourth-order valence-electron chi connectivity index (χ4n) is 4.37. The van der Waals surface area contributed by atoms with Crippen molar-refractivity contribution in [3.05, 3.63) is 70.2 Å². The standard InChI is InChI=1S/C25H26F3N5O2/c1-14-18(6-5-7-20(14)25(26,27)28)15(2)30-23-19-12-21(17-8-10-33(11-9-17)24(34)35)29-13-22(19)32(4)16(3)31-23/h5-8,12-13,15H,9-11H2,1-4H3,(H,34,35). The van der Waals surface area contributed by atoms with Gasteiger partial charge >= 0.3 is 12.3 Å². The predicted molar refractivity (Wildman–Crippen MR) is 126 cm³/mol. The number of carbonyl (C=O) groups is 1. The third-order valence-electron chi connectivity index (χ3n) is 6.49. The van der Waals surface area contributed by atoms with Gasteiger partial charge in [0, 0.05) is 25.5 Å². The number of alkyl halides is 3. The summed E-state index contributed by atoms with van der Waals surface area (Å²) in [5.74, 6) is 0.688. The molecule has 0 saturated carbocycles. The topological polar surface area (TPSA) is 83.6 Å². The minimum atomic E-state index is -4.44. The van der Waals surface area contributed by atoms with Crippen LogP contribution in [0.4, 0.5) is 18.0 Å². The summed E-state index contributed by atoms with van der Waals surface area (Å²) in [5.41, 5.74) is 2.81. The van der Waals surface area contributed by atoms with Crippen molar-refractivity contribution < 1.29 is 23.1 Å². The zero-order valence-corrected chi connectivity index (χ0v) is 19.9. The number of amides is 1. The number of hydrogen-bond acceptors (Lipinski definition) is 4. The Hall–Kier alpha value is -3.69. The lowest BCUT2D eigenvalue weighted by Gasteiger charge is -2.23. The molecule has 3 heterocycles. The van der Waals surface area contributed by atoms with Crippen LogP contribution in [0.3, 0.4) is 0 Å². The second kappa shape index (κ2) is 9.16. The summed E-state index contributed by atoms with van der Waals surface area (Å²) in [4.78, 5) is 26.5. The van der Waals surface area contributed by atoms with E-state index in [1.165, 1.54) is 17.9 Å². The Kier molecular flexibility index (Phi) is 6.40. The second-order valence-corrected chi connectivity index (χ2v) is 8.66. The highest BCUT2D eigenvalue weighted by molar-refractivity contribution is 5.81. The van der Waals surface area contributed by atoms with Gasteiger partial charge in [-0.25, -0.2) is 9.78 Å². The Balaban J connectivity index is 1.83. The van der Waals surface area contributed by atoms with Crippen LogP contribution >= 0.6 is 0 Å². The highest BCUT2D eigenvalue weighted by Crippen LogP contribution is 2.35. The second-order valence-electron chi connectivity index (χ2n) is 8.66. The molecule has 1 aliphatic rings. The summed E-state index contributed by atoms with van der Waals surface area (Å²) < 4.78 is 42.1. The Labute approximate surface area is 200 Å². The van der Waals surface area contributed by atoms with E-state index in [4.69, 9.17) is 4.99 Å². The highest BCUT2D eigenvalue weighted by Gasteiger charge is 2.33. The maximum absolute atomic E-state index is 13.4. The molecule has 184 valence electrons. The van der Waals surface area contributed by atoms with Crippen LogP contribution in [0.25, 0.3) is 16.5 Å². The molecule has 0 aliphatic carbocycles. The number of aryl methyl sites for hydroxylation is 2. The maximum atomic E-state index is 13.4. The molecular weight excluding hydrogens is 459 g/mol. The number of pyridine rings is 1. The zero-order chi connectivity index (χ0) is 25.5. The molecule has 1 atom stereocenters. The summed E-state index contributed by atoms with van der Waals surface area (Å²) >= 11 is 0. The Morgan fingerprint density at radius 3 is 2.63 bits per heavy atom. The summed E-state index contributed by atoms with van der Waals surface area (Å²) in [5, 5.41) is 9.91. The van der Waals surface area contributed by atoms with Crippen molar-refractivity contribution in [2.75, 3.05) is 13.1 Å². The molecule has 7 nitrogen and oxygen atoms in total. The van der Waals surface area contributed by atoms with Crippen LogP contribution in [0, 0.1) is 13.8 Å². The minimum absolute atomic E-state index is 0.150. The molecule has 0 fully saturated rings. The van der Waals surface area contributed by atoms with Crippen molar-refractivity contribution in [2.45, 2.75) is 39.4 Å². The van der Waals surface area contributed by atoms with Crippen molar-refractivity contribution in [3.8, 4) is 0 Å². The largest absolute Gasteiger partial charge is 0.465 e. The van der Waals surface area contributed by atoms with Crippen LogP contribution in [0.5, 0.6) is 0 Å². The molecule has 1 amide bonds. The van der Waals surface area contributed by atoms with E-state index in [1.54, 1.807) is 19.2 Å². The molecule has 10 heteroatoms. The molecule has 0 radical (unpaired) electrons. The van der Waals surface area contributed by atoms with Crippen LogP contribution in [0.1, 0.15) is 47.6 Å². The number of benzene rings is 1. The minimum Gasteiger partial charge on any atom is -0.465 e. The quantitative estimate of drug-likeness (QED) is 0.564. The van der Waals surface area contributed by atoms with Gasteiger partial charge in [0.1, 0.15) is 5.82 Å². The number of nitrogens with zero attached hydrogens (tertiary/aromatic N) is 5. The van der Waals surface area contributed by atoms with E-state index < -0.39 is 23.9 Å². The summed E-state index contributed by atoms with van der Waals surface area (Å²) in [7, 11) is 1.86. The van der Waals surface area contributed by atoms with E-state index in [9.17, 15) is 23.1 Å². The van der Waals surface area contributed by atoms with Crippen molar-refractivity contribution in [2.24, 2.45) is 12.0 Å². The van der Waals surface area contributed by atoms with Gasteiger partial charge in [-0.15, -0.1) is 0 Å². The number of halogens is 3. The first-order chi connectivity index (χ1) is 16.5. The van der Waals surface area contributed by atoms with Crippen molar-refractivity contribution in [1.82, 2.24) is 19.4 Å². The molecule has 0 bridgehead atoms. The molecule has 4 rings (SSSR count). The molecule has 3 aromatic rings. The van der Waals surface area contributed by atoms with E-state index in [2.05, 4.69) is 9.97 Å². The van der Waals surface area contributed by atoms with Gasteiger partial charge < -0.3 is 14.6 Å². The molecule has 35 heavy (non-hydrogen) atoms. The number of aromatic nitrogens is 3. The van der Waals surface area contributed by atoms with Crippen LogP contribution in [0.2, 0.25) is 0 Å². The van der Waals surface area contributed by atoms with Crippen molar-refractivity contribution in [1.29, 1.82) is 0 Å². The van der Waals surface area contributed by atoms with Gasteiger partial charge in [0.2, 0.25) is 0 Å². The molecule has 1 unspecified atom stereocenters. The number of fused-ring (bicyclic) bond motifs is 1. The zero-order valence-electron chi connectivity index (χ0n) is 19.9. The van der Waals surface area contributed by atoms with E-state index in [-0.39, 0.29) is 12.1 Å². The van der Waals surface area contributed by atoms with Gasteiger partial charge in [0.15, 0.2) is 5.49 Å². The first-order valence-corrected chi connectivity index (χ1v) is 11.2. The average molecular weight is 486 g/mol. The van der Waals surface area contributed by atoms with Crippen molar-refractivity contribution in [3.63, 3.8) is 0 Å². The Bertz CT molecular complexity index is 1410. The maximum Gasteiger partial charge on any atom is 0.416 e. The number of carboxylic acid groups (broad SMARTS) is 1. The SMILES string of the molecule is Cc1c(C(C)N=c2nc(C)n(C)c3cnc(C4=CCN(C(=O)O)CC4)cc23)cccc1C(F)(F)F. The average Bonchev–Trinajstić information content (AvgIpc) is 2.81. The van der Waals surface area contributed by atoms with Gasteiger partial charge in [-0.3, -0.25) is 9.98 Å². The predicted octanol–water partition coefficient (Wildman–Crippen LogP) is 5.03. The number of hydrogen-bond donors (Lipinski definition) is 1. The lowest BCUT2D eigenvalue weighted by atomic mass is 9.97. The first-order valence-electron chi connectivity index (χ1n) is 11.2. The summed E-state index contributed by atoms with van der Waals surface area (Å²) in [6.45, 7) is 5.71. The Morgan fingerprint density at radius 1 is 1.26 bits per heavy atom. The molecule has 1 aromatic carbocycles. The van der Waals surface area contributed by atoms with E-state index in [0.717, 1.165) is 22.5 Å². The summed E-state index contributed by atoms with van der Waals surface area (Å²) in [6.07, 6.45) is -1.30. The summed E-state index contributed by atoms with van der Waals surface area (Å²) in [6, 6.07) is 5.44. The van der Waals surface area contributed by atoms with Crippen LogP contribution in [-0.4, -0.2) is 43.7 Å². The fraction of sp³-hybridized carbons (Fsp3) is 0.360. The first kappa shape index (κ1) is 24.4. The van der Waals surface area contributed by atoms with E-state index in [1.807, 2.05) is 30.7 Å². The lowest BCUT2D eigenvalue weighted by molar-refractivity contribution is -0.138. The van der Waals surface area contributed by atoms with Gasteiger partial charge in [-0.1, -0.05) is 18.2 Å². The van der Waals surface area contributed by atoms with E-state index in [0.29, 0.717) is 35.5 Å². The monoisotopic (exact) mass is 485 g/mol. The third-order valence-corrected chi connectivity index (χ3v) is 6.49. The highest BCUT2D eigenvalue weighted by atomic mass is 19.4. The smallest absolute Gasteiger partial charge is 0.416 e. The van der Waals surface area contributed by atoms with Crippen molar-refractivity contribution >= 4 is 22.6 Å². The molecule has 2 aromatic heterocycles. The van der Waals surface area contributed by atoms with E-state index >= 15 is 0 Å². The molecule has 1 N–H and O–H groups in total. The lowest BCUT2D eigenvalue weighted by Crippen LogP contribution is -2.33. The van der Waals surface area contributed by atoms with Crippen LogP contribution in [0.15, 0.2) is 41.5 Å². The molecule has 0 saturated heterocycles. The van der Waals surface area contributed by atoms with Gasteiger partial charge in [0.25, 0.3) is 0 Å². The van der Waals surface area contributed by atoms with Crippen LogP contribution < -0.4 is 5.49 Å². The fourth-order valence-corrected chi connectivity index (χ4v) is 4.37.